The van der Waals surface area contributed by atoms with Gasteiger partial charge in [0.25, 0.3) is 5.96 Å². The third kappa shape index (κ3) is 1.76. The highest BCUT2D eigenvalue weighted by molar-refractivity contribution is 6.17. The maximum atomic E-state index is 4.90. The molecule has 0 aromatic heterocycles. The van der Waals surface area contributed by atoms with E-state index >= 15 is 0 Å². The zero-order valence-corrected chi connectivity index (χ0v) is 13.0. The molecule has 5 aliphatic rings. The standard InChI is InChI=1S/C16H22N6/c1-4-9-20(10-5-1)16-19-15-18-13-7-3-2-6-12(13)14-17-8-11-21(16)22(14)15/h1-11H2. The number of amidine groups is 1. The van der Waals surface area contributed by atoms with Gasteiger partial charge in [0, 0.05) is 18.7 Å². The van der Waals surface area contributed by atoms with Crippen molar-refractivity contribution in [3.8, 4) is 0 Å². The molecule has 0 saturated carbocycles. The molecule has 0 N–H and O–H groups in total. The molecule has 0 aromatic rings. The van der Waals surface area contributed by atoms with E-state index in [2.05, 4.69) is 14.9 Å². The third-order valence-corrected chi connectivity index (χ3v) is 5.22. The molecule has 1 aliphatic carbocycles. The zero-order valence-electron chi connectivity index (χ0n) is 13.0. The Labute approximate surface area is 130 Å². The number of fused-ring (bicyclic) bond motifs is 1. The number of likely N-dealkylation sites (tertiary alicyclic amines) is 1. The van der Waals surface area contributed by atoms with Gasteiger partial charge in [-0.3, -0.25) is 4.99 Å². The summed E-state index contributed by atoms with van der Waals surface area (Å²) in [5.41, 5.74) is 2.61. The maximum Gasteiger partial charge on any atom is 0.254 e. The van der Waals surface area contributed by atoms with E-state index in [1.807, 2.05) is 0 Å². The van der Waals surface area contributed by atoms with E-state index in [0.29, 0.717) is 0 Å². The molecule has 0 aromatic carbocycles. The van der Waals surface area contributed by atoms with Crippen molar-refractivity contribution in [2.24, 2.45) is 15.0 Å². The minimum Gasteiger partial charge on any atom is -0.341 e. The monoisotopic (exact) mass is 298 g/mol. The Morgan fingerprint density at radius 2 is 1.68 bits per heavy atom. The molecule has 6 heteroatoms. The summed E-state index contributed by atoms with van der Waals surface area (Å²) in [7, 11) is 0. The van der Waals surface area contributed by atoms with E-state index in [1.165, 1.54) is 43.4 Å². The van der Waals surface area contributed by atoms with Gasteiger partial charge in [0.2, 0.25) is 5.96 Å². The van der Waals surface area contributed by atoms with Crippen molar-refractivity contribution in [1.82, 2.24) is 14.9 Å². The fraction of sp³-hybridized carbons (Fsp3) is 0.688. The van der Waals surface area contributed by atoms with Crippen LogP contribution in [0.2, 0.25) is 0 Å². The molecule has 1 saturated heterocycles. The van der Waals surface area contributed by atoms with E-state index in [9.17, 15) is 0 Å². The van der Waals surface area contributed by atoms with E-state index in [4.69, 9.17) is 15.0 Å². The number of piperidine rings is 1. The Hall–Kier alpha value is -1.85. The molecule has 0 spiro atoms. The molecule has 0 amide bonds. The predicted molar refractivity (Wildman–Crippen MR) is 86.6 cm³/mol. The smallest absolute Gasteiger partial charge is 0.254 e. The van der Waals surface area contributed by atoms with Crippen molar-refractivity contribution in [1.29, 1.82) is 0 Å². The zero-order chi connectivity index (χ0) is 14.5. The minimum atomic E-state index is 0.847. The second-order valence-electron chi connectivity index (χ2n) is 6.64. The van der Waals surface area contributed by atoms with Gasteiger partial charge >= 0.3 is 0 Å². The van der Waals surface area contributed by atoms with Crippen molar-refractivity contribution in [3.63, 3.8) is 0 Å². The fourth-order valence-electron chi connectivity index (χ4n) is 4.12. The lowest BCUT2D eigenvalue weighted by Gasteiger charge is -2.41. The Bertz CT molecular complexity index is 623. The van der Waals surface area contributed by atoms with Crippen molar-refractivity contribution in [3.05, 3.63) is 11.3 Å². The van der Waals surface area contributed by atoms with Crippen LogP contribution in [-0.4, -0.2) is 58.9 Å². The topological polar surface area (TPSA) is 46.8 Å². The van der Waals surface area contributed by atoms with Crippen LogP contribution in [0.5, 0.6) is 0 Å². The average Bonchev–Trinajstić information content (AvgIpc) is 2.96. The summed E-state index contributed by atoms with van der Waals surface area (Å²) in [6.45, 7) is 4.02. The number of hydrazine groups is 1. The highest BCUT2D eigenvalue weighted by Crippen LogP contribution is 2.35. The van der Waals surface area contributed by atoms with Crippen molar-refractivity contribution >= 4 is 17.8 Å². The Morgan fingerprint density at radius 3 is 2.59 bits per heavy atom. The van der Waals surface area contributed by atoms with Crippen molar-refractivity contribution < 1.29 is 0 Å². The summed E-state index contributed by atoms with van der Waals surface area (Å²) >= 11 is 0. The maximum absolute atomic E-state index is 4.90. The number of guanidine groups is 2. The van der Waals surface area contributed by atoms with E-state index in [-0.39, 0.29) is 0 Å². The van der Waals surface area contributed by atoms with Crippen LogP contribution in [0.3, 0.4) is 0 Å². The normalized spacial score (nSPS) is 27.3. The van der Waals surface area contributed by atoms with Crippen molar-refractivity contribution in [2.45, 2.75) is 44.9 Å². The van der Waals surface area contributed by atoms with Crippen LogP contribution in [0.4, 0.5) is 0 Å². The lowest BCUT2D eigenvalue weighted by molar-refractivity contribution is 0.181. The predicted octanol–water partition coefficient (Wildman–Crippen LogP) is 1.97. The number of rotatable bonds is 0. The Morgan fingerprint density at radius 1 is 0.818 bits per heavy atom. The van der Waals surface area contributed by atoms with Crippen LogP contribution < -0.4 is 0 Å². The van der Waals surface area contributed by atoms with Crippen LogP contribution >= 0.6 is 0 Å². The van der Waals surface area contributed by atoms with Gasteiger partial charge in [-0.05, 0) is 44.9 Å². The molecule has 1 fully saturated rings. The van der Waals surface area contributed by atoms with Gasteiger partial charge in [0.15, 0.2) is 5.84 Å². The number of aliphatic imine (C=N–C) groups is 3. The van der Waals surface area contributed by atoms with Crippen LogP contribution in [-0.2, 0) is 0 Å². The molecular weight excluding hydrogens is 276 g/mol. The van der Waals surface area contributed by atoms with E-state index < -0.39 is 0 Å². The molecule has 22 heavy (non-hydrogen) atoms. The summed E-state index contributed by atoms with van der Waals surface area (Å²) in [4.78, 5) is 17.0. The molecule has 5 rings (SSSR count). The molecule has 0 bridgehead atoms. The molecule has 0 unspecified atom stereocenters. The molecule has 0 atom stereocenters. The first-order valence-electron chi connectivity index (χ1n) is 8.68. The summed E-state index contributed by atoms with van der Waals surface area (Å²) in [6, 6.07) is 0. The van der Waals surface area contributed by atoms with Gasteiger partial charge in [-0.1, -0.05) is 0 Å². The molecular formula is C16H22N6. The Balaban J connectivity index is 1.56. The molecule has 4 aliphatic heterocycles. The fourth-order valence-corrected chi connectivity index (χ4v) is 4.12. The first-order valence-corrected chi connectivity index (χ1v) is 8.68. The lowest BCUT2D eigenvalue weighted by Crippen LogP contribution is -2.56. The Kier molecular flexibility index (Phi) is 2.78. The lowest BCUT2D eigenvalue weighted by atomic mass is 9.94. The molecule has 4 heterocycles. The number of hydrogen-bond acceptors (Lipinski definition) is 6. The van der Waals surface area contributed by atoms with Gasteiger partial charge in [-0.2, -0.15) is 10.0 Å². The van der Waals surface area contributed by atoms with Gasteiger partial charge in [0.1, 0.15) is 0 Å². The number of allylic oxidation sites excluding steroid dienone is 1. The van der Waals surface area contributed by atoms with Crippen LogP contribution in [0.15, 0.2) is 26.2 Å². The van der Waals surface area contributed by atoms with Gasteiger partial charge in [-0.15, -0.1) is 0 Å². The molecule has 116 valence electrons. The minimum absolute atomic E-state index is 0.847. The molecule has 6 nitrogen and oxygen atoms in total. The quantitative estimate of drug-likeness (QED) is 0.687. The highest BCUT2D eigenvalue weighted by Gasteiger charge is 2.42. The van der Waals surface area contributed by atoms with E-state index in [0.717, 1.165) is 56.8 Å². The van der Waals surface area contributed by atoms with Crippen LogP contribution in [0.25, 0.3) is 0 Å². The summed E-state index contributed by atoms with van der Waals surface area (Å²) in [5, 5.41) is 4.49. The SMILES string of the molecule is C1CCN(C2=NC3=NC4=C(CCCC4)C4=NCCN2N34)CC1. The largest absolute Gasteiger partial charge is 0.341 e. The number of nitrogens with zero attached hydrogens (tertiary/aromatic N) is 6. The third-order valence-electron chi connectivity index (χ3n) is 5.22. The number of hydrogen-bond donors (Lipinski definition) is 0. The first kappa shape index (κ1) is 12.7. The molecule has 0 radical (unpaired) electrons. The summed E-state index contributed by atoms with van der Waals surface area (Å²) < 4.78 is 0. The summed E-state index contributed by atoms with van der Waals surface area (Å²) in [5.74, 6) is 3.08. The second-order valence-corrected chi connectivity index (χ2v) is 6.64. The average molecular weight is 298 g/mol. The van der Waals surface area contributed by atoms with Crippen LogP contribution in [0, 0.1) is 0 Å². The highest BCUT2D eigenvalue weighted by atomic mass is 15.8. The van der Waals surface area contributed by atoms with E-state index in [1.54, 1.807) is 0 Å². The van der Waals surface area contributed by atoms with Gasteiger partial charge in [-0.25, -0.2) is 10.0 Å². The van der Waals surface area contributed by atoms with Crippen molar-refractivity contribution in [2.75, 3.05) is 26.2 Å². The van der Waals surface area contributed by atoms with Crippen LogP contribution in [0.1, 0.15) is 44.9 Å². The summed E-state index contributed by atoms with van der Waals surface area (Å²) in [6.07, 6.45) is 8.60. The van der Waals surface area contributed by atoms with Gasteiger partial charge < -0.3 is 4.90 Å². The first-order chi connectivity index (χ1) is 10.9. The second kappa shape index (κ2) is 4.83. The van der Waals surface area contributed by atoms with Gasteiger partial charge in [0.05, 0.1) is 18.8 Å².